The number of rotatable bonds is 5. The zero-order valence-corrected chi connectivity index (χ0v) is 16.4. The Morgan fingerprint density at radius 2 is 1.82 bits per heavy atom. The van der Waals surface area contributed by atoms with Gasteiger partial charge in [0.05, 0.1) is 6.04 Å². The van der Waals surface area contributed by atoms with Crippen LogP contribution < -0.4 is 5.32 Å². The molecule has 28 heavy (non-hydrogen) atoms. The van der Waals surface area contributed by atoms with Crippen LogP contribution in [0.3, 0.4) is 0 Å². The fourth-order valence-corrected chi connectivity index (χ4v) is 4.04. The number of benzene rings is 2. The zero-order chi connectivity index (χ0) is 19.7. The SMILES string of the molecule is Cc1ccccc1[C@@H]1[C@@H](C(=O)NC2(Cc3ccccc3)CC2)OCC(=O)N1C. The van der Waals surface area contributed by atoms with E-state index in [2.05, 4.69) is 17.4 Å². The Hall–Kier alpha value is -2.66. The van der Waals surface area contributed by atoms with Gasteiger partial charge in [0, 0.05) is 12.6 Å². The van der Waals surface area contributed by atoms with Gasteiger partial charge in [-0.3, -0.25) is 9.59 Å². The van der Waals surface area contributed by atoms with E-state index >= 15 is 0 Å². The van der Waals surface area contributed by atoms with Gasteiger partial charge in [0.25, 0.3) is 5.91 Å². The molecule has 1 aliphatic heterocycles. The Balaban J connectivity index is 1.55. The van der Waals surface area contributed by atoms with E-state index in [-0.39, 0.29) is 24.0 Å². The van der Waals surface area contributed by atoms with E-state index in [1.54, 1.807) is 11.9 Å². The van der Waals surface area contributed by atoms with Crippen molar-refractivity contribution in [3.8, 4) is 0 Å². The lowest BCUT2D eigenvalue weighted by Crippen LogP contribution is -2.55. The summed E-state index contributed by atoms with van der Waals surface area (Å²) in [5.74, 6) is -0.247. The number of carbonyl (C=O) groups excluding carboxylic acids is 2. The standard InChI is InChI=1S/C23H26N2O3/c1-16-8-6-7-11-18(16)20-21(28-15-19(26)25(20)2)22(27)24-23(12-13-23)14-17-9-4-3-5-10-17/h3-11,20-21H,12-15H2,1-2H3,(H,24,27)/t20-,21+/m1/s1. The molecule has 1 N–H and O–H groups in total. The van der Waals surface area contributed by atoms with Crippen LogP contribution in [0.1, 0.15) is 35.6 Å². The molecule has 1 heterocycles. The molecule has 1 saturated heterocycles. The maximum atomic E-state index is 13.2. The van der Waals surface area contributed by atoms with Crippen LogP contribution in [-0.4, -0.2) is 42.0 Å². The van der Waals surface area contributed by atoms with E-state index in [0.717, 1.165) is 30.4 Å². The van der Waals surface area contributed by atoms with Gasteiger partial charge in [0.2, 0.25) is 5.91 Å². The summed E-state index contributed by atoms with van der Waals surface area (Å²) in [7, 11) is 1.75. The molecule has 2 fully saturated rings. The number of likely N-dealkylation sites (N-methyl/N-ethyl adjacent to an activating group) is 1. The van der Waals surface area contributed by atoms with Gasteiger partial charge < -0.3 is 15.0 Å². The van der Waals surface area contributed by atoms with Crippen LogP contribution in [0, 0.1) is 6.92 Å². The van der Waals surface area contributed by atoms with Crippen LogP contribution >= 0.6 is 0 Å². The average molecular weight is 378 g/mol. The molecule has 1 aliphatic carbocycles. The van der Waals surface area contributed by atoms with Crippen molar-refractivity contribution in [3.05, 3.63) is 71.3 Å². The molecule has 2 aromatic carbocycles. The van der Waals surface area contributed by atoms with Crippen molar-refractivity contribution in [1.82, 2.24) is 10.2 Å². The van der Waals surface area contributed by atoms with Gasteiger partial charge in [-0.2, -0.15) is 0 Å². The van der Waals surface area contributed by atoms with Crippen molar-refractivity contribution >= 4 is 11.8 Å². The predicted octanol–water partition coefficient (Wildman–Crippen LogP) is 2.78. The highest BCUT2D eigenvalue weighted by Crippen LogP contribution is 2.40. The van der Waals surface area contributed by atoms with E-state index in [1.807, 2.05) is 49.4 Å². The number of aryl methyl sites for hydroxylation is 1. The number of ether oxygens (including phenoxy) is 1. The number of nitrogens with zero attached hydrogens (tertiary/aromatic N) is 1. The maximum Gasteiger partial charge on any atom is 0.252 e. The van der Waals surface area contributed by atoms with Gasteiger partial charge >= 0.3 is 0 Å². The van der Waals surface area contributed by atoms with Crippen LogP contribution in [0.15, 0.2) is 54.6 Å². The Kier molecular flexibility index (Phi) is 4.94. The highest BCUT2D eigenvalue weighted by Gasteiger charge is 2.48. The fraction of sp³-hybridized carbons (Fsp3) is 0.391. The summed E-state index contributed by atoms with van der Waals surface area (Å²) < 4.78 is 5.77. The van der Waals surface area contributed by atoms with Crippen molar-refractivity contribution in [2.75, 3.05) is 13.7 Å². The second kappa shape index (κ2) is 7.40. The summed E-state index contributed by atoms with van der Waals surface area (Å²) in [6.45, 7) is 1.93. The van der Waals surface area contributed by atoms with E-state index in [1.165, 1.54) is 5.56 Å². The molecule has 0 aromatic heterocycles. The quantitative estimate of drug-likeness (QED) is 0.870. The smallest absolute Gasteiger partial charge is 0.252 e. The molecule has 2 aromatic rings. The van der Waals surface area contributed by atoms with Gasteiger partial charge in [0.15, 0.2) is 6.10 Å². The molecule has 1 saturated carbocycles. The second-order valence-electron chi connectivity index (χ2n) is 7.97. The minimum Gasteiger partial charge on any atom is -0.356 e. The summed E-state index contributed by atoms with van der Waals surface area (Å²) in [4.78, 5) is 27.1. The zero-order valence-electron chi connectivity index (χ0n) is 16.4. The van der Waals surface area contributed by atoms with Gasteiger partial charge in [-0.1, -0.05) is 54.6 Å². The molecular weight excluding hydrogens is 352 g/mol. The monoisotopic (exact) mass is 378 g/mol. The first-order chi connectivity index (χ1) is 13.5. The average Bonchev–Trinajstić information content (AvgIpc) is 3.44. The summed E-state index contributed by atoms with van der Waals surface area (Å²) >= 11 is 0. The molecule has 2 aliphatic rings. The first-order valence-corrected chi connectivity index (χ1v) is 9.78. The number of hydrogen-bond donors (Lipinski definition) is 1. The normalized spacial score (nSPS) is 23.4. The Morgan fingerprint density at radius 1 is 1.14 bits per heavy atom. The summed E-state index contributed by atoms with van der Waals surface area (Å²) in [6.07, 6.45) is 2.03. The van der Waals surface area contributed by atoms with Gasteiger partial charge in [-0.15, -0.1) is 0 Å². The third-order valence-corrected chi connectivity index (χ3v) is 5.88. The van der Waals surface area contributed by atoms with Gasteiger partial charge in [0.1, 0.15) is 6.61 Å². The summed E-state index contributed by atoms with van der Waals surface area (Å²) in [5, 5.41) is 3.24. The molecule has 0 radical (unpaired) electrons. The minimum absolute atomic E-state index is 0.0668. The number of carbonyl (C=O) groups is 2. The molecule has 2 atom stereocenters. The number of nitrogens with one attached hydrogen (secondary N) is 1. The molecule has 0 spiro atoms. The molecule has 0 bridgehead atoms. The second-order valence-corrected chi connectivity index (χ2v) is 7.97. The highest BCUT2D eigenvalue weighted by molar-refractivity contribution is 5.87. The predicted molar refractivity (Wildman–Crippen MR) is 107 cm³/mol. The molecule has 5 nitrogen and oxygen atoms in total. The summed E-state index contributed by atoms with van der Waals surface area (Å²) in [6, 6.07) is 17.6. The van der Waals surface area contributed by atoms with Crippen LogP contribution in [0.5, 0.6) is 0 Å². The largest absolute Gasteiger partial charge is 0.356 e. The summed E-state index contributed by atoms with van der Waals surface area (Å²) in [5.41, 5.74) is 3.01. The fourth-order valence-electron chi connectivity index (χ4n) is 4.04. The topological polar surface area (TPSA) is 58.6 Å². The van der Waals surface area contributed by atoms with E-state index in [4.69, 9.17) is 4.74 Å². The Morgan fingerprint density at radius 3 is 2.50 bits per heavy atom. The molecule has 5 heteroatoms. The lowest BCUT2D eigenvalue weighted by Gasteiger charge is -2.39. The molecule has 146 valence electrons. The van der Waals surface area contributed by atoms with Crippen molar-refractivity contribution in [1.29, 1.82) is 0 Å². The van der Waals surface area contributed by atoms with Crippen molar-refractivity contribution in [2.24, 2.45) is 0 Å². The lowest BCUT2D eigenvalue weighted by molar-refractivity contribution is -0.162. The first kappa shape index (κ1) is 18.7. The number of hydrogen-bond acceptors (Lipinski definition) is 3. The third kappa shape index (κ3) is 3.67. The van der Waals surface area contributed by atoms with Gasteiger partial charge in [-0.25, -0.2) is 0 Å². The first-order valence-electron chi connectivity index (χ1n) is 9.78. The van der Waals surface area contributed by atoms with Crippen molar-refractivity contribution in [2.45, 2.75) is 43.9 Å². The lowest BCUT2D eigenvalue weighted by atomic mass is 9.93. The molecule has 4 rings (SSSR count). The molecule has 2 amide bonds. The highest BCUT2D eigenvalue weighted by atomic mass is 16.5. The van der Waals surface area contributed by atoms with Crippen LogP contribution in [-0.2, 0) is 20.7 Å². The van der Waals surface area contributed by atoms with E-state index < -0.39 is 12.1 Å². The van der Waals surface area contributed by atoms with Crippen LogP contribution in [0.25, 0.3) is 0 Å². The maximum absolute atomic E-state index is 13.2. The van der Waals surface area contributed by atoms with Crippen molar-refractivity contribution < 1.29 is 14.3 Å². The van der Waals surface area contributed by atoms with E-state index in [9.17, 15) is 9.59 Å². The van der Waals surface area contributed by atoms with Gasteiger partial charge in [-0.05, 0) is 42.9 Å². The van der Waals surface area contributed by atoms with Crippen LogP contribution in [0.4, 0.5) is 0 Å². The Bertz CT molecular complexity index is 876. The number of morpholine rings is 1. The molecular formula is C23H26N2O3. The van der Waals surface area contributed by atoms with Crippen LogP contribution in [0.2, 0.25) is 0 Å². The van der Waals surface area contributed by atoms with E-state index in [0.29, 0.717) is 0 Å². The Labute approximate surface area is 165 Å². The third-order valence-electron chi connectivity index (χ3n) is 5.88. The van der Waals surface area contributed by atoms with Crippen molar-refractivity contribution in [3.63, 3.8) is 0 Å². The molecule has 0 unspecified atom stereocenters. The number of amides is 2. The minimum atomic E-state index is -0.711.